The molecule has 0 aliphatic rings. The molecule has 1 unspecified atom stereocenters. The summed E-state index contributed by atoms with van der Waals surface area (Å²) in [6.07, 6.45) is 0.0197. The van der Waals surface area contributed by atoms with E-state index in [2.05, 4.69) is 13.1 Å². The molecular formula is C8H17O2Si. The molecule has 65 valence electrons. The lowest BCUT2D eigenvalue weighted by atomic mass is 10.4. The number of carbonyl (C=O) groups excluding carboxylic acids is 1. The van der Waals surface area contributed by atoms with Crippen LogP contribution in [0.1, 0.15) is 20.8 Å². The lowest BCUT2D eigenvalue weighted by molar-refractivity contribution is -0.146. The molecule has 0 amide bonds. The highest BCUT2D eigenvalue weighted by Gasteiger charge is 2.19. The number of ether oxygens (including phenoxy) is 1. The van der Waals surface area contributed by atoms with E-state index in [1.54, 1.807) is 0 Å². The lowest BCUT2D eigenvalue weighted by Gasteiger charge is -2.15. The van der Waals surface area contributed by atoms with Gasteiger partial charge in [0.25, 0.3) is 0 Å². The zero-order valence-electron chi connectivity index (χ0n) is 7.97. The van der Waals surface area contributed by atoms with E-state index in [0.717, 1.165) is 0 Å². The van der Waals surface area contributed by atoms with Crippen molar-refractivity contribution in [1.29, 1.82) is 0 Å². The number of carbonyl (C=O) groups is 1. The quantitative estimate of drug-likeness (QED) is 0.482. The van der Waals surface area contributed by atoms with Crippen LogP contribution in [0.3, 0.4) is 0 Å². The van der Waals surface area contributed by atoms with Crippen LogP contribution in [0.5, 0.6) is 0 Å². The largest absolute Gasteiger partial charge is 0.463 e. The van der Waals surface area contributed by atoms with E-state index in [0.29, 0.717) is 0 Å². The van der Waals surface area contributed by atoms with E-state index >= 15 is 0 Å². The van der Waals surface area contributed by atoms with E-state index in [-0.39, 0.29) is 17.6 Å². The van der Waals surface area contributed by atoms with Crippen LogP contribution in [0.4, 0.5) is 0 Å². The number of hydrogen-bond donors (Lipinski definition) is 0. The van der Waals surface area contributed by atoms with Crippen molar-refractivity contribution in [3.8, 4) is 0 Å². The Hall–Kier alpha value is -0.313. The van der Waals surface area contributed by atoms with E-state index in [9.17, 15) is 4.79 Å². The van der Waals surface area contributed by atoms with Gasteiger partial charge in [-0.25, -0.2) is 0 Å². The molecule has 0 bridgehead atoms. The molecular weight excluding hydrogens is 156 g/mol. The second-order valence-corrected chi connectivity index (χ2v) is 6.31. The maximum atomic E-state index is 11.2. The molecule has 11 heavy (non-hydrogen) atoms. The number of hydrogen-bond acceptors (Lipinski definition) is 2. The first-order chi connectivity index (χ1) is 4.95. The molecule has 0 rings (SSSR count). The summed E-state index contributed by atoms with van der Waals surface area (Å²) in [6, 6.07) is 0. The summed E-state index contributed by atoms with van der Waals surface area (Å²) < 4.78 is 5.06. The van der Waals surface area contributed by atoms with Gasteiger partial charge in [-0.1, -0.05) is 20.0 Å². The predicted octanol–water partition coefficient (Wildman–Crippen LogP) is 2.08. The number of rotatable bonds is 3. The summed E-state index contributed by atoms with van der Waals surface area (Å²) in [6.45, 7) is 9.94. The molecule has 2 nitrogen and oxygen atoms in total. The Morgan fingerprint density at radius 1 is 1.27 bits per heavy atom. The van der Waals surface area contributed by atoms with Gasteiger partial charge >= 0.3 is 5.97 Å². The van der Waals surface area contributed by atoms with E-state index in [4.69, 9.17) is 4.74 Å². The molecule has 0 aromatic heterocycles. The van der Waals surface area contributed by atoms with Gasteiger partial charge in [0.1, 0.15) is 0 Å². The maximum Gasteiger partial charge on any atom is 0.305 e. The summed E-state index contributed by atoms with van der Waals surface area (Å²) in [5.41, 5.74) is 0.113. The second-order valence-electron chi connectivity index (χ2n) is 3.28. The molecule has 0 spiro atoms. The minimum absolute atomic E-state index is 0.0197. The summed E-state index contributed by atoms with van der Waals surface area (Å²) in [4.78, 5) is 11.2. The highest BCUT2D eigenvalue weighted by Crippen LogP contribution is 2.11. The molecule has 1 atom stereocenters. The molecule has 0 aliphatic carbocycles. The van der Waals surface area contributed by atoms with Crippen molar-refractivity contribution in [2.24, 2.45) is 0 Å². The van der Waals surface area contributed by atoms with Crippen LogP contribution in [0, 0.1) is 0 Å². The summed E-state index contributed by atoms with van der Waals surface area (Å²) >= 11 is 0. The van der Waals surface area contributed by atoms with Crippen LogP contribution in [-0.2, 0) is 9.53 Å². The average Bonchev–Trinajstić information content (AvgIpc) is 1.84. The molecule has 0 aliphatic heterocycles. The van der Waals surface area contributed by atoms with E-state index < -0.39 is 8.80 Å². The Labute approximate surface area is 70.5 Å². The molecule has 0 aromatic carbocycles. The minimum atomic E-state index is -0.531. The smallest absolute Gasteiger partial charge is 0.305 e. The third-order valence-corrected chi connectivity index (χ3v) is 3.54. The Kier molecular flexibility index (Phi) is 4.41. The summed E-state index contributed by atoms with van der Waals surface area (Å²) in [5, 5.41) is 0. The summed E-state index contributed by atoms with van der Waals surface area (Å²) in [7, 11) is -0.531. The zero-order chi connectivity index (χ0) is 9.02. The predicted molar refractivity (Wildman–Crippen MR) is 48.1 cm³/mol. The fourth-order valence-corrected chi connectivity index (χ4v) is 1.11. The summed E-state index contributed by atoms with van der Waals surface area (Å²) in [5.74, 6) is -0.0427. The second kappa shape index (κ2) is 4.54. The average molecular weight is 173 g/mol. The van der Waals surface area contributed by atoms with Gasteiger partial charge in [0.05, 0.1) is 14.9 Å². The monoisotopic (exact) mass is 173 g/mol. The normalized spacial score (nSPS) is 13.7. The Balaban J connectivity index is 3.83. The first-order valence-corrected chi connectivity index (χ1v) is 6.53. The molecule has 0 saturated carbocycles. The fraction of sp³-hybridized carbons (Fsp3) is 0.875. The van der Waals surface area contributed by atoms with Crippen molar-refractivity contribution in [2.75, 3.05) is 0 Å². The Morgan fingerprint density at radius 3 is 2.00 bits per heavy atom. The van der Waals surface area contributed by atoms with Crippen molar-refractivity contribution >= 4 is 14.8 Å². The van der Waals surface area contributed by atoms with Crippen LogP contribution in [0.15, 0.2) is 0 Å². The van der Waals surface area contributed by atoms with Gasteiger partial charge in [-0.15, -0.1) is 0 Å². The zero-order valence-corrected chi connectivity index (χ0v) is 8.97. The van der Waals surface area contributed by atoms with E-state index in [1.807, 2.05) is 20.8 Å². The van der Waals surface area contributed by atoms with Crippen LogP contribution in [0.25, 0.3) is 0 Å². The van der Waals surface area contributed by atoms with Gasteiger partial charge in [-0.05, 0) is 13.8 Å². The molecule has 1 radical (unpaired) electrons. The van der Waals surface area contributed by atoms with Gasteiger partial charge in [-0.2, -0.15) is 0 Å². The van der Waals surface area contributed by atoms with Gasteiger partial charge in [0.2, 0.25) is 0 Å². The third-order valence-electron chi connectivity index (χ3n) is 1.57. The van der Waals surface area contributed by atoms with Crippen molar-refractivity contribution in [3.63, 3.8) is 0 Å². The van der Waals surface area contributed by atoms with E-state index in [1.165, 1.54) is 0 Å². The SMILES string of the molecule is CC(C)OC(=O)C(C)[Si](C)C. The van der Waals surface area contributed by atoms with Gasteiger partial charge in [0.15, 0.2) is 0 Å². The topological polar surface area (TPSA) is 26.3 Å². The Bertz CT molecular complexity index is 132. The first kappa shape index (κ1) is 10.7. The molecule has 0 heterocycles. The van der Waals surface area contributed by atoms with Crippen molar-refractivity contribution in [1.82, 2.24) is 0 Å². The first-order valence-electron chi connectivity index (χ1n) is 3.95. The van der Waals surface area contributed by atoms with Crippen molar-refractivity contribution in [3.05, 3.63) is 0 Å². The fourth-order valence-electron chi connectivity index (χ4n) is 0.570. The molecule has 0 saturated heterocycles. The van der Waals surface area contributed by atoms with Crippen molar-refractivity contribution < 1.29 is 9.53 Å². The van der Waals surface area contributed by atoms with Crippen LogP contribution < -0.4 is 0 Å². The highest BCUT2D eigenvalue weighted by atomic mass is 28.3. The Morgan fingerprint density at radius 2 is 1.73 bits per heavy atom. The minimum Gasteiger partial charge on any atom is -0.463 e. The van der Waals surface area contributed by atoms with Crippen LogP contribution in [-0.4, -0.2) is 20.9 Å². The van der Waals surface area contributed by atoms with Crippen molar-refractivity contribution in [2.45, 2.75) is 45.5 Å². The standard InChI is InChI=1S/C8H17O2Si/c1-6(2)10-8(9)7(3)11(4)5/h6-7H,1-5H3. The third kappa shape index (κ3) is 4.19. The highest BCUT2D eigenvalue weighted by molar-refractivity contribution is 6.61. The number of esters is 1. The molecule has 0 N–H and O–H groups in total. The lowest BCUT2D eigenvalue weighted by Crippen LogP contribution is -2.23. The maximum absolute atomic E-state index is 11.2. The van der Waals surface area contributed by atoms with Gasteiger partial charge in [0, 0.05) is 5.54 Å². The van der Waals surface area contributed by atoms with Crippen LogP contribution in [0.2, 0.25) is 18.6 Å². The molecule has 0 fully saturated rings. The molecule has 0 aromatic rings. The van der Waals surface area contributed by atoms with Crippen LogP contribution >= 0.6 is 0 Å². The van der Waals surface area contributed by atoms with Gasteiger partial charge in [-0.3, -0.25) is 4.79 Å². The molecule has 3 heteroatoms. The van der Waals surface area contributed by atoms with Gasteiger partial charge < -0.3 is 4.74 Å².